The Bertz CT molecular complexity index is 388. The van der Waals surface area contributed by atoms with Gasteiger partial charge in [0.1, 0.15) is 6.26 Å². The highest BCUT2D eigenvalue weighted by atomic mass is 79.9. The Morgan fingerprint density at radius 3 is 2.94 bits per heavy atom. The first-order valence-corrected chi connectivity index (χ1v) is 7.00. The molecule has 1 aliphatic rings. The molecule has 0 unspecified atom stereocenters. The molecule has 0 saturated carbocycles. The third-order valence-electron chi connectivity index (χ3n) is 2.98. The second-order valence-corrected chi connectivity index (χ2v) is 5.12. The summed E-state index contributed by atoms with van der Waals surface area (Å²) in [5.41, 5.74) is 0.559. The van der Waals surface area contributed by atoms with Crippen molar-refractivity contribution in [2.45, 2.75) is 6.42 Å². The van der Waals surface area contributed by atoms with Gasteiger partial charge in [-0.15, -0.1) is 0 Å². The van der Waals surface area contributed by atoms with E-state index in [2.05, 4.69) is 31.5 Å². The second kappa shape index (κ2) is 6.92. The van der Waals surface area contributed by atoms with Gasteiger partial charge in [-0.05, 0) is 28.9 Å². The highest BCUT2D eigenvalue weighted by molar-refractivity contribution is 9.10. The highest BCUT2D eigenvalue weighted by Crippen LogP contribution is 2.13. The molecule has 1 saturated heterocycles. The lowest BCUT2D eigenvalue weighted by Gasteiger charge is -2.27. The molecule has 5 nitrogen and oxygen atoms in total. The molecule has 0 aromatic carbocycles. The third-order valence-corrected chi connectivity index (χ3v) is 3.39. The van der Waals surface area contributed by atoms with Crippen LogP contribution >= 0.6 is 15.9 Å². The fraction of sp³-hybridized carbons (Fsp3) is 0.583. The van der Waals surface area contributed by atoms with E-state index >= 15 is 0 Å². The number of furan rings is 1. The molecule has 2 N–H and O–H groups in total. The number of carbonyl (C=O) groups is 1. The van der Waals surface area contributed by atoms with E-state index in [1.165, 1.54) is 6.26 Å². The van der Waals surface area contributed by atoms with Crippen molar-refractivity contribution in [3.8, 4) is 0 Å². The Morgan fingerprint density at radius 2 is 2.28 bits per heavy atom. The van der Waals surface area contributed by atoms with E-state index < -0.39 is 0 Å². The van der Waals surface area contributed by atoms with Crippen LogP contribution in [0.3, 0.4) is 0 Å². The second-order valence-electron chi connectivity index (χ2n) is 4.34. The Kier molecular flexibility index (Phi) is 5.22. The van der Waals surface area contributed by atoms with Gasteiger partial charge >= 0.3 is 0 Å². The minimum absolute atomic E-state index is 0.0789. The molecule has 0 atom stereocenters. The highest BCUT2D eigenvalue weighted by Gasteiger charge is 2.10. The molecule has 2 rings (SSSR count). The summed E-state index contributed by atoms with van der Waals surface area (Å²) in [4.78, 5) is 14.1. The molecule has 1 aliphatic heterocycles. The van der Waals surface area contributed by atoms with E-state index in [9.17, 15) is 4.79 Å². The van der Waals surface area contributed by atoms with Crippen molar-refractivity contribution in [2.24, 2.45) is 0 Å². The van der Waals surface area contributed by atoms with Crippen molar-refractivity contribution >= 4 is 21.8 Å². The van der Waals surface area contributed by atoms with Crippen molar-refractivity contribution < 1.29 is 9.21 Å². The Morgan fingerprint density at radius 1 is 1.50 bits per heavy atom. The lowest BCUT2D eigenvalue weighted by molar-refractivity contribution is 0.0950. The molecule has 2 heterocycles. The van der Waals surface area contributed by atoms with E-state index in [4.69, 9.17) is 4.42 Å². The van der Waals surface area contributed by atoms with Crippen LogP contribution in [-0.4, -0.2) is 50.1 Å². The average molecular weight is 316 g/mol. The van der Waals surface area contributed by atoms with Gasteiger partial charge in [-0.2, -0.15) is 0 Å². The van der Waals surface area contributed by atoms with Gasteiger partial charge in [0.15, 0.2) is 4.67 Å². The predicted molar refractivity (Wildman–Crippen MR) is 72.7 cm³/mol. The number of piperazine rings is 1. The van der Waals surface area contributed by atoms with Gasteiger partial charge in [-0.3, -0.25) is 4.79 Å². The fourth-order valence-corrected chi connectivity index (χ4v) is 2.31. The first kappa shape index (κ1) is 13.6. The van der Waals surface area contributed by atoms with Crippen LogP contribution in [0.2, 0.25) is 0 Å². The van der Waals surface area contributed by atoms with Gasteiger partial charge in [-0.25, -0.2) is 0 Å². The molecular formula is C12H18BrN3O2. The van der Waals surface area contributed by atoms with Crippen molar-refractivity contribution in [1.82, 2.24) is 15.5 Å². The lowest BCUT2D eigenvalue weighted by atomic mass is 10.3. The molecular weight excluding hydrogens is 298 g/mol. The van der Waals surface area contributed by atoms with E-state index in [0.29, 0.717) is 16.8 Å². The van der Waals surface area contributed by atoms with E-state index in [1.54, 1.807) is 6.07 Å². The lowest BCUT2D eigenvalue weighted by Crippen LogP contribution is -2.44. The van der Waals surface area contributed by atoms with Crippen LogP contribution in [0.1, 0.15) is 16.8 Å². The van der Waals surface area contributed by atoms with Gasteiger partial charge in [0.25, 0.3) is 5.91 Å². The summed E-state index contributed by atoms with van der Waals surface area (Å²) in [5, 5.41) is 6.21. The van der Waals surface area contributed by atoms with E-state index in [-0.39, 0.29) is 5.91 Å². The smallest absolute Gasteiger partial charge is 0.254 e. The summed E-state index contributed by atoms with van der Waals surface area (Å²) in [7, 11) is 0. The SMILES string of the molecule is O=C(NCCCN1CCNCC1)c1coc(Br)c1. The van der Waals surface area contributed by atoms with Crippen molar-refractivity contribution in [3.63, 3.8) is 0 Å². The summed E-state index contributed by atoms with van der Waals surface area (Å²) in [5.74, 6) is -0.0789. The fourth-order valence-electron chi connectivity index (χ4n) is 1.97. The number of nitrogens with one attached hydrogen (secondary N) is 2. The van der Waals surface area contributed by atoms with Crippen LogP contribution in [0.25, 0.3) is 0 Å². The van der Waals surface area contributed by atoms with Crippen molar-refractivity contribution in [3.05, 3.63) is 22.6 Å². The summed E-state index contributed by atoms with van der Waals surface area (Å²) >= 11 is 3.18. The molecule has 0 radical (unpaired) electrons. The third kappa shape index (κ3) is 4.12. The quantitative estimate of drug-likeness (QED) is 0.798. The molecule has 0 aliphatic carbocycles. The van der Waals surface area contributed by atoms with Gasteiger partial charge in [0.05, 0.1) is 5.56 Å². The number of hydrogen-bond donors (Lipinski definition) is 2. The molecule has 1 aromatic rings. The summed E-state index contributed by atoms with van der Waals surface area (Å²) in [6.07, 6.45) is 2.43. The first-order valence-electron chi connectivity index (χ1n) is 6.21. The van der Waals surface area contributed by atoms with Crippen LogP contribution in [0.4, 0.5) is 0 Å². The van der Waals surface area contributed by atoms with Crippen LogP contribution in [0.15, 0.2) is 21.4 Å². The zero-order chi connectivity index (χ0) is 12.8. The normalized spacial score (nSPS) is 16.7. The molecule has 1 fully saturated rings. The van der Waals surface area contributed by atoms with E-state index in [0.717, 1.165) is 39.1 Å². The Balaban J connectivity index is 1.61. The molecule has 100 valence electrons. The minimum atomic E-state index is -0.0789. The number of hydrogen-bond acceptors (Lipinski definition) is 4. The standard InChI is InChI=1S/C12H18BrN3O2/c13-11-8-10(9-18-11)12(17)15-2-1-5-16-6-3-14-4-7-16/h8-9,14H,1-7H2,(H,15,17). The predicted octanol–water partition coefficient (Wildman–Crippen LogP) is 1.07. The summed E-state index contributed by atoms with van der Waals surface area (Å²) in [6, 6.07) is 1.67. The number of rotatable bonds is 5. The molecule has 18 heavy (non-hydrogen) atoms. The number of nitrogens with zero attached hydrogens (tertiary/aromatic N) is 1. The molecule has 0 bridgehead atoms. The summed E-state index contributed by atoms with van der Waals surface area (Å²) in [6.45, 7) is 6.07. The maximum Gasteiger partial charge on any atom is 0.254 e. The maximum atomic E-state index is 11.7. The number of amides is 1. The van der Waals surface area contributed by atoms with E-state index in [1.807, 2.05) is 0 Å². The van der Waals surface area contributed by atoms with Gasteiger partial charge in [-0.1, -0.05) is 0 Å². The van der Waals surface area contributed by atoms with Crippen LogP contribution < -0.4 is 10.6 Å². The van der Waals surface area contributed by atoms with Crippen LogP contribution in [-0.2, 0) is 0 Å². The molecule has 6 heteroatoms. The Hall–Kier alpha value is -0.850. The Labute approximate surface area is 115 Å². The molecule has 1 amide bonds. The average Bonchev–Trinajstić information content (AvgIpc) is 2.82. The van der Waals surface area contributed by atoms with Gasteiger partial charge in [0.2, 0.25) is 0 Å². The zero-order valence-electron chi connectivity index (χ0n) is 10.2. The van der Waals surface area contributed by atoms with Crippen molar-refractivity contribution in [1.29, 1.82) is 0 Å². The van der Waals surface area contributed by atoms with Crippen LogP contribution in [0, 0.1) is 0 Å². The minimum Gasteiger partial charge on any atom is -0.457 e. The summed E-state index contributed by atoms with van der Waals surface area (Å²) < 4.78 is 5.61. The van der Waals surface area contributed by atoms with Gasteiger partial charge in [0, 0.05) is 38.8 Å². The van der Waals surface area contributed by atoms with Crippen molar-refractivity contribution in [2.75, 3.05) is 39.3 Å². The topological polar surface area (TPSA) is 57.5 Å². The number of carbonyl (C=O) groups excluding carboxylic acids is 1. The first-order chi connectivity index (χ1) is 8.75. The molecule has 0 spiro atoms. The number of halogens is 1. The molecule has 1 aromatic heterocycles. The maximum absolute atomic E-state index is 11.7. The van der Waals surface area contributed by atoms with Gasteiger partial charge < -0.3 is 20.0 Å². The van der Waals surface area contributed by atoms with Crippen LogP contribution in [0.5, 0.6) is 0 Å². The zero-order valence-corrected chi connectivity index (χ0v) is 11.8. The largest absolute Gasteiger partial charge is 0.457 e. The monoisotopic (exact) mass is 315 g/mol.